The van der Waals surface area contributed by atoms with Crippen LogP contribution in [-0.2, 0) is 22.3 Å². The van der Waals surface area contributed by atoms with Crippen molar-refractivity contribution in [1.82, 2.24) is 15.4 Å². The van der Waals surface area contributed by atoms with Crippen LogP contribution in [0.2, 0.25) is 0 Å². The smallest absolute Gasteiger partial charge is 0.250 e. The first-order valence-electron chi connectivity index (χ1n) is 8.62. The van der Waals surface area contributed by atoms with Gasteiger partial charge in [0.15, 0.2) is 5.96 Å². The van der Waals surface area contributed by atoms with Crippen LogP contribution in [0.3, 0.4) is 0 Å². The van der Waals surface area contributed by atoms with Gasteiger partial charge in [0.25, 0.3) is 0 Å². The number of guanidine groups is 1. The quantitative estimate of drug-likeness (QED) is 0.315. The molecule has 0 atom stereocenters. The minimum Gasteiger partial charge on any atom is -0.355 e. The number of halogens is 1. The molecule has 0 aliphatic rings. The third kappa shape index (κ3) is 6.77. The highest BCUT2D eigenvalue weighted by molar-refractivity contribution is 7.97. The van der Waals surface area contributed by atoms with E-state index >= 15 is 0 Å². The predicted molar refractivity (Wildman–Crippen MR) is 116 cm³/mol. The van der Waals surface area contributed by atoms with Crippen LogP contribution in [0.5, 0.6) is 0 Å². The van der Waals surface area contributed by atoms with Gasteiger partial charge in [-0.2, -0.15) is 11.8 Å². The molecule has 3 N–H and O–H groups in total. The summed E-state index contributed by atoms with van der Waals surface area (Å²) in [6.45, 7) is 2.97. The van der Waals surface area contributed by atoms with E-state index in [1.165, 1.54) is 17.4 Å². The van der Waals surface area contributed by atoms with E-state index in [-0.39, 0.29) is 12.4 Å². The van der Waals surface area contributed by atoms with Gasteiger partial charge >= 0.3 is 0 Å². The van der Waals surface area contributed by atoms with Crippen LogP contribution in [0.1, 0.15) is 16.0 Å². The lowest BCUT2D eigenvalue weighted by Gasteiger charge is -2.14. The average Bonchev–Trinajstić information content (AvgIpc) is 3.10. The van der Waals surface area contributed by atoms with Gasteiger partial charge in [-0.15, -0.1) is 11.3 Å². The zero-order valence-electron chi connectivity index (χ0n) is 16.1. The fourth-order valence-corrected chi connectivity index (χ4v) is 5.39. The normalized spacial score (nSPS) is 12.2. The molecule has 0 unspecified atom stereocenters. The Morgan fingerprint density at radius 3 is 2.61 bits per heavy atom. The van der Waals surface area contributed by atoms with Crippen molar-refractivity contribution >= 4 is 39.1 Å². The van der Waals surface area contributed by atoms with Crippen LogP contribution < -0.4 is 15.4 Å². The SMILES string of the molecule is CN=C(NCCNS(=O)(=O)c1ccc(C)s1)NCc1ccc(F)cc1CSC. The molecular formula is C18H25FN4O2S3. The van der Waals surface area contributed by atoms with Crippen LogP contribution in [0, 0.1) is 12.7 Å². The highest BCUT2D eigenvalue weighted by Gasteiger charge is 2.15. The van der Waals surface area contributed by atoms with Gasteiger partial charge in [-0.05, 0) is 48.6 Å². The average molecular weight is 445 g/mol. The highest BCUT2D eigenvalue weighted by Crippen LogP contribution is 2.20. The maximum atomic E-state index is 13.4. The number of nitrogens with zero attached hydrogens (tertiary/aromatic N) is 1. The predicted octanol–water partition coefficient (Wildman–Crippen LogP) is 2.70. The Hall–Kier alpha value is -1.62. The molecule has 0 spiro atoms. The van der Waals surface area contributed by atoms with Gasteiger partial charge in [0.2, 0.25) is 10.0 Å². The number of hydrogen-bond donors (Lipinski definition) is 3. The molecule has 28 heavy (non-hydrogen) atoms. The summed E-state index contributed by atoms with van der Waals surface area (Å²) >= 11 is 2.87. The lowest BCUT2D eigenvalue weighted by molar-refractivity contribution is 0.582. The second kappa shape index (κ2) is 10.8. The van der Waals surface area contributed by atoms with Gasteiger partial charge < -0.3 is 10.6 Å². The Kier molecular flexibility index (Phi) is 8.74. The van der Waals surface area contributed by atoms with E-state index in [4.69, 9.17) is 0 Å². The number of thioether (sulfide) groups is 1. The largest absolute Gasteiger partial charge is 0.355 e. The number of aryl methyl sites for hydroxylation is 1. The van der Waals surface area contributed by atoms with Crippen molar-refractivity contribution < 1.29 is 12.8 Å². The summed E-state index contributed by atoms with van der Waals surface area (Å²) in [4.78, 5) is 5.08. The van der Waals surface area contributed by atoms with E-state index in [9.17, 15) is 12.8 Å². The molecule has 1 aromatic carbocycles. The van der Waals surface area contributed by atoms with E-state index < -0.39 is 10.0 Å². The fourth-order valence-electron chi connectivity index (χ4n) is 2.45. The summed E-state index contributed by atoms with van der Waals surface area (Å²) < 4.78 is 40.7. The maximum absolute atomic E-state index is 13.4. The Labute approximate surface area is 174 Å². The van der Waals surface area contributed by atoms with Crippen molar-refractivity contribution in [3.05, 3.63) is 52.2 Å². The summed E-state index contributed by atoms with van der Waals surface area (Å²) in [6.07, 6.45) is 1.97. The number of nitrogens with one attached hydrogen (secondary N) is 3. The zero-order valence-corrected chi connectivity index (χ0v) is 18.5. The number of benzene rings is 1. The van der Waals surface area contributed by atoms with Crippen molar-refractivity contribution in [2.75, 3.05) is 26.4 Å². The molecule has 0 aliphatic carbocycles. The first-order valence-corrected chi connectivity index (χ1v) is 12.3. The van der Waals surface area contributed by atoms with Crippen LogP contribution in [0.15, 0.2) is 39.5 Å². The second-order valence-corrected chi connectivity index (χ2v) is 10.1. The number of hydrogen-bond acceptors (Lipinski definition) is 5. The number of rotatable bonds is 9. The Morgan fingerprint density at radius 1 is 1.18 bits per heavy atom. The molecule has 1 aromatic heterocycles. The van der Waals surface area contributed by atoms with Crippen molar-refractivity contribution in [2.45, 2.75) is 23.4 Å². The lowest BCUT2D eigenvalue weighted by atomic mass is 10.1. The molecule has 2 rings (SSSR count). The molecular weight excluding hydrogens is 419 g/mol. The molecule has 1 heterocycles. The first kappa shape index (κ1) is 22.7. The van der Waals surface area contributed by atoms with E-state index in [1.807, 2.05) is 13.2 Å². The topological polar surface area (TPSA) is 82.6 Å². The third-order valence-corrected chi connectivity index (χ3v) is 7.38. The summed E-state index contributed by atoms with van der Waals surface area (Å²) in [7, 11) is -1.84. The summed E-state index contributed by atoms with van der Waals surface area (Å²) in [5, 5.41) is 6.24. The molecule has 0 amide bonds. The van der Waals surface area contributed by atoms with Crippen LogP contribution in [0.4, 0.5) is 4.39 Å². The van der Waals surface area contributed by atoms with Crippen molar-refractivity contribution in [3.8, 4) is 0 Å². The van der Waals surface area contributed by atoms with Gasteiger partial charge in [-0.3, -0.25) is 4.99 Å². The molecule has 0 aliphatic heterocycles. The molecule has 0 saturated carbocycles. The van der Waals surface area contributed by atoms with E-state index in [0.717, 1.165) is 21.8 Å². The zero-order chi connectivity index (χ0) is 20.6. The van der Waals surface area contributed by atoms with Gasteiger partial charge in [-0.25, -0.2) is 17.5 Å². The Balaban J connectivity index is 1.82. The van der Waals surface area contributed by atoms with Gasteiger partial charge in [-0.1, -0.05) is 6.07 Å². The van der Waals surface area contributed by atoms with Gasteiger partial charge in [0, 0.05) is 37.3 Å². The Bertz CT molecular complexity index is 913. The number of aliphatic imine (C=N–C) groups is 1. The van der Waals surface area contributed by atoms with Crippen molar-refractivity contribution in [2.24, 2.45) is 4.99 Å². The first-order chi connectivity index (χ1) is 13.4. The molecule has 154 valence electrons. The van der Waals surface area contributed by atoms with Crippen molar-refractivity contribution in [1.29, 1.82) is 0 Å². The van der Waals surface area contributed by atoms with Crippen molar-refractivity contribution in [3.63, 3.8) is 0 Å². The summed E-state index contributed by atoms with van der Waals surface area (Å²) in [5.41, 5.74) is 1.93. The molecule has 10 heteroatoms. The number of sulfonamides is 1. The summed E-state index contributed by atoms with van der Waals surface area (Å²) in [5.74, 6) is 1.03. The van der Waals surface area contributed by atoms with Crippen LogP contribution >= 0.6 is 23.1 Å². The van der Waals surface area contributed by atoms with E-state index in [0.29, 0.717) is 23.3 Å². The molecule has 0 radical (unpaired) electrons. The van der Waals surface area contributed by atoms with Gasteiger partial charge in [0.1, 0.15) is 10.0 Å². The standard InChI is InChI=1S/C18H25FN4O2S3/c1-13-4-7-17(27-13)28(24,25)23-9-8-21-18(20-2)22-11-14-5-6-16(19)10-15(14)12-26-3/h4-7,10,23H,8-9,11-12H2,1-3H3,(H2,20,21,22). The molecule has 2 aromatic rings. The monoisotopic (exact) mass is 444 g/mol. The van der Waals surface area contributed by atoms with Crippen LogP contribution in [0.25, 0.3) is 0 Å². The van der Waals surface area contributed by atoms with Crippen LogP contribution in [-0.4, -0.2) is 40.8 Å². The number of thiophene rings is 1. The molecule has 0 saturated heterocycles. The minimum atomic E-state index is -3.49. The van der Waals surface area contributed by atoms with E-state index in [2.05, 4.69) is 20.3 Å². The molecule has 0 fully saturated rings. The molecule has 0 bridgehead atoms. The molecule has 6 nitrogen and oxygen atoms in total. The Morgan fingerprint density at radius 2 is 1.96 bits per heavy atom. The second-order valence-electron chi connectivity index (χ2n) is 5.96. The van der Waals surface area contributed by atoms with Gasteiger partial charge in [0.05, 0.1) is 0 Å². The lowest BCUT2D eigenvalue weighted by Crippen LogP contribution is -2.41. The highest BCUT2D eigenvalue weighted by atomic mass is 32.2. The maximum Gasteiger partial charge on any atom is 0.250 e. The minimum absolute atomic E-state index is 0.230. The van der Waals surface area contributed by atoms with E-state index in [1.54, 1.807) is 43.1 Å². The fraction of sp³-hybridized carbons (Fsp3) is 0.389. The summed E-state index contributed by atoms with van der Waals surface area (Å²) in [6, 6.07) is 8.14. The third-order valence-electron chi connectivity index (χ3n) is 3.83.